The number of hydrogen-bond donors (Lipinski definition) is 0. The number of ether oxygens (including phenoxy) is 4. The molecule has 0 aliphatic rings. The lowest BCUT2D eigenvalue weighted by molar-refractivity contribution is 0.203. The summed E-state index contributed by atoms with van der Waals surface area (Å²) in [4.78, 5) is 0. The van der Waals surface area contributed by atoms with Gasteiger partial charge in [-0.3, -0.25) is 0 Å². The van der Waals surface area contributed by atoms with E-state index in [1.807, 2.05) is 56.3 Å². The van der Waals surface area contributed by atoms with Gasteiger partial charge >= 0.3 is 0 Å². The molecule has 0 saturated heterocycles. The Balaban J connectivity index is 1.87. The van der Waals surface area contributed by atoms with Crippen molar-refractivity contribution in [3.63, 3.8) is 0 Å². The van der Waals surface area contributed by atoms with E-state index in [1.54, 1.807) is 7.11 Å². The summed E-state index contributed by atoms with van der Waals surface area (Å²) in [5.74, 6) is 2.92. The van der Waals surface area contributed by atoms with Gasteiger partial charge in [0.1, 0.15) is 13.2 Å². The summed E-state index contributed by atoms with van der Waals surface area (Å²) in [6.07, 6.45) is 0. The first-order valence-corrected chi connectivity index (χ1v) is 7.36. The zero-order valence-electron chi connectivity index (χ0n) is 13.3. The van der Waals surface area contributed by atoms with Gasteiger partial charge in [0.2, 0.25) is 0 Å². The average molecular weight is 302 g/mol. The number of methoxy groups -OCH3 is 1. The normalized spacial score (nSPS) is 10.1. The zero-order valence-corrected chi connectivity index (χ0v) is 13.3. The van der Waals surface area contributed by atoms with Gasteiger partial charge in [-0.1, -0.05) is 18.2 Å². The number of benzene rings is 2. The van der Waals surface area contributed by atoms with Gasteiger partial charge in [0, 0.05) is 0 Å². The third-order valence-electron chi connectivity index (χ3n) is 3.07. The summed E-state index contributed by atoms with van der Waals surface area (Å²) >= 11 is 0. The van der Waals surface area contributed by atoms with Gasteiger partial charge < -0.3 is 18.9 Å². The van der Waals surface area contributed by atoms with E-state index in [4.69, 9.17) is 18.9 Å². The van der Waals surface area contributed by atoms with E-state index in [1.165, 1.54) is 0 Å². The molecule has 2 aromatic rings. The molecule has 4 heteroatoms. The average Bonchev–Trinajstić information content (AvgIpc) is 2.54. The molecule has 0 spiro atoms. The van der Waals surface area contributed by atoms with Gasteiger partial charge in [-0.25, -0.2) is 0 Å². The highest BCUT2D eigenvalue weighted by atomic mass is 16.5. The first-order valence-electron chi connectivity index (χ1n) is 7.36. The molecule has 0 aliphatic carbocycles. The van der Waals surface area contributed by atoms with Crippen LogP contribution in [-0.4, -0.2) is 26.9 Å². The van der Waals surface area contributed by atoms with E-state index in [-0.39, 0.29) is 0 Å². The van der Waals surface area contributed by atoms with E-state index in [9.17, 15) is 0 Å². The highest BCUT2D eigenvalue weighted by Crippen LogP contribution is 2.28. The molecule has 0 N–H and O–H groups in total. The molecular formula is C18H22O4. The smallest absolute Gasteiger partial charge is 0.161 e. The second kappa shape index (κ2) is 8.17. The van der Waals surface area contributed by atoms with Crippen LogP contribution in [0.3, 0.4) is 0 Å². The van der Waals surface area contributed by atoms with E-state index >= 15 is 0 Å². The molecule has 0 atom stereocenters. The van der Waals surface area contributed by atoms with Crippen LogP contribution in [0.5, 0.6) is 23.0 Å². The van der Waals surface area contributed by atoms with Gasteiger partial charge in [-0.15, -0.1) is 0 Å². The Kier molecular flexibility index (Phi) is 5.95. The van der Waals surface area contributed by atoms with Gasteiger partial charge in [-0.2, -0.15) is 0 Å². The summed E-state index contributed by atoms with van der Waals surface area (Å²) in [6, 6.07) is 13.5. The van der Waals surface area contributed by atoms with E-state index in [0.29, 0.717) is 19.8 Å². The summed E-state index contributed by atoms with van der Waals surface area (Å²) in [5, 5.41) is 0. The zero-order chi connectivity index (χ0) is 15.8. The van der Waals surface area contributed by atoms with Gasteiger partial charge in [-0.05, 0) is 43.7 Å². The van der Waals surface area contributed by atoms with Gasteiger partial charge in [0.05, 0.1) is 13.7 Å². The quantitative estimate of drug-likeness (QED) is 0.694. The molecule has 0 fully saturated rings. The third kappa shape index (κ3) is 4.32. The van der Waals surface area contributed by atoms with Crippen molar-refractivity contribution in [2.24, 2.45) is 0 Å². The van der Waals surface area contributed by atoms with Crippen LogP contribution in [0.1, 0.15) is 12.5 Å². The van der Waals surface area contributed by atoms with Crippen LogP contribution in [0.25, 0.3) is 0 Å². The predicted molar refractivity (Wildman–Crippen MR) is 86.3 cm³/mol. The van der Waals surface area contributed by atoms with Crippen molar-refractivity contribution in [1.29, 1.82) is 0 Å². The Labute approximate surface area is 131 Å². The maximum atomic E-state index is 5.72. The topological polar surface area (TPSA) is 36.9 Å². The van der Waals surface area contributed by atoms with Crippen LogP contribution < -0.4 is 18.9 Å². The second-order valence-corrected chi connectivity index (χ2v) is 4.73. The maximum absolute atomic E-state index is 5.72. The monoisotopic (exact) mass is 302 g/mol. The number of para-hydroxylation sites is 2. The second-order valence-electron chi connectivity index (χ2n) is 4.73. The SMILES string of the molecule is CCOc1ccccc1OCCOc1ccc(C)cc1OC. The van der Waals surface area contributed by atoms with E-state index in [2.05, 4.69) is 0 Å². The molecule has 0 aliphatic heterocycles. The minimum atomic E-state index is 0.430. The maximum Gasteiger partial charge on any atom is 0.161 e. The Morgan fingerprint density at radius 2 is 1.36 bits per heavy atom. The van der Waals surface area contributed by atoms with Crippen molar-refractivity contribution in [3.05, 3.63) is 48.0 Å². The fourth-order valence-corrected chi connectivity index (χ4v) is 2.04. The predicted octanol–water partition coefficient (Wildman–Crippen LogP) is 3.86. The largest absolute Gasteiger partial charge is 0.493 e. The van der Waals surface area contributed by atoms with Crippen LogP contribution in [0.15, 0.2) is 42.5 Å². The van der Waals surface area contributed by atoms with Crippen molar-refractivity contribution >= 4 is 0 Å². The molecule has 4 nitrogen and oxygen atoms in total. The van der Waals surface area contributed by atoms with Gasteiger partial charge in [0.15, 0.2) is 23.0 Å². The number of aryl methyl sites for hydroxylation is 1. The van der Waals surface area contributed by atoms with Crippen molar-refractivity contribution in [3.8, 4) is 23.0 Å². The lowest BCUT2D eigenvalue weighted by Gasteiger charge is -2.13. The van der Waals surface area contributed by atoms with Crippen LogP contribution in [0, 0.1) is 6.92 Å². The lowest BCUT2D eigenvalue weighted by Crippen LogP contribution is -2.10. The fraction of sp³-hybridized carbons (Fsp3) is 0.333. The minimum absolute atomic E-state index is 0.430. The minimum Gasteiger partial charge on any atom is -0.493 e. The molecule has 0 bridgehead atoms. The van der Waals surface area contributed by atoms with E-state index in [0.717, 1.165) is 28.6 Å². The molecule has 0 aromatic heterocycles. The van der Waals surface area contributed by atoms with Crippen LogP contribution in [0.2, 0.25) is 0 Å². The van der Waals surface area contributed by atoms with Crippen molar-refractivity contribution in [2.75, 3.05) is 26.9 Å². The Morgan fingerprint density at radius 1 is 0.773 bits per heavy atom. The van der Waals surface area contributed by atoms with Crippen molar-refractivity contribution in [1.82, 2.24) is 0 Å². The first-order chi connectivity index (χ1) is 10.7. The molecule has 0 radical (unpaired) electrons. The summed E-state index contributed by atoms with van der Waals surface area (Å²) in [7, 11) is 1.64. The Hall–Kier alpha value is -2.36. The van der Waals surface area contributed by atoms with Crippen LogP contribution in [0.4, 0.5) is 0 Å². The Bertz CT molecular complexity index is 595. The number of rotatable bonds is 8. The van der Waals surface area contributed by atoms with Crippen molar-refractivity contribution < 1.29 is 18.9 Å². The first kappa shape index (κ1) is 16.0. The molecule has 2 rings (SSSR count). The third-order valence-corrected chi connectivity index (χ3v) is 3.07. The highest BCUT2D eigenvalue weighted by molar-refractivity contribution is 5.42. The van der Waals surface area contributed by atoms with Crippen LogP contribution >= 0.6 is 0 Å². The molecule has 0 unspecified atom stereocenters. The van der Waals surface area contributed by atoms with E-state index < -0.39 is 0 Å². The lowest BCUT2D eigenvalue weighted by atomic mass is 10.2. The molecule has 2 aromatic carbocycles. The Morgan fingerprint density at radius 3 is 1.95 bits per heavy atom. The standard InChI is InChI=1S/C18H22O4/c1-4-20-15-7-5-6-8-16(15)21-11-12-22-17-10-9-14(2)13-18(17)19-3/h5-10,13H,4,11-12H2,1-3H3. The summed E-state index contributed by atoms with van der Waals surface area (Å²) < 4.78 is 22.3. The summed E-state index contributed by atoms with van der Waals surface area (Å²) in [6.45, 7) is 5.43. The molecule has 0 amide bonds. The fourth-order valence-electron chi connectivity index (χ4n) is 2.04. The molecule has 22 heavy (non-hydrogen) atoms. The molecular weight excluding hydrogens is 280 g/mol. The molecule has 0 heterocycles. The number of hydrogen-bond acceptors (Lipinski definition) is 4. The highest BCUT2D eigenvalue weighted by Gasteiger charge is 2.06. The summed E-state index contributed by atoms with van der Waals surface area (Å²) in [5.41, 5.74) is 1.13. The van der Waals surface area contributed by atoms with Crippen molar-refractivity contribution in [2.45, 2.75) is 13.8 Å². The van der Waals surface area contributed by atoms with Gasteiger partial charge in [0.25, 0.3) is 0 Å². The van der Waals surface area contributed by atoms with Crippen LogP contribution in [-0.2, 0) is 0 Å². The molecule has 118 valence electrons. The molecule has 0 saturated carbocycles.